The van der Waals surface area contributed by atoms with E-state index < -0.39 is 0 Å². The zero-order chi connectivity index (χ0) is 48.7. The van der Waals surface area contributed by atoms with Gasteiger partial charge in [0.15, 0.2) is 0 Å². The van der Waals surface area contributed by atoms with Crippen LogP contribution in [-0.4, -0.2) is 11.4 Å². The molecule has 2 aliphatic heterocycles. The van der Waals surface area contributed by atoms with E-state index in [1.165, 1.54) is 131 Å². The van der Waals surface area contributed by atoms with Crippen LogP contribution in [0, 0.1) is 0 Å². The zero-order valence-corrected chi connectivity index (χ0v) is 42.8. The van der Waals surface area contributed by atoms with E-state index in [0.29, 0.717) is 0 Å². The summed E-state index contributed by atoms with van der Waals surface area (Å²) in [6.45, 7) is 18.6. The minimum atomic E-state index is -0.200. The van der Waals surface area contributed by atoms with Gasteiger partial charge in [-0.2, -0.15) is 0 Å². The Balaban J connectivity index is 1.17. The van der Waals surface area contributed by atoms with E-state index in [4.69, 9.17) is 4.42 Å². The second-order valence-corrected chi connectivity index (χ2v) is 24.3. The van der Waals surface area contributed by atoms with Crippen LogP contribution < -0.4 is 15.7 Å². The molecule has 0 N–H and O–H groups in total. The van der Waals surface area contributed by atoms with E-state index in [2.05, 4.69) is 241 Å². The number of hydrogen-bond donors (Lipinski definition) is 0. The molecular weight excluding hydrogens is 892 g/mol. The Labute approximate surface area is 425 Å². The number of para-hydroxylation sites is 1. The largest absolute Gasteiger partial charge is 0.455 e. The van der Waals surface area contributed by atoms with Crippen molar-refractivity contribution in [3.63, 3.8) is 0 Å². The van der Waals surface area contributed by atoms with E-state index in [0.717, 1.165) is 16.6 Å². The maximum Gasteiger partial charge on any atom is 0.333 e. The van der Waals surface area contributed by atoms with Crippen molar-refractivity contribution in [1.82, 2.24) is 4.57 Å². The summed E-state index contributed by atoms with van der Waals surface area (Å²) in [6.07, 6.45) is 0. The molecule has 3 nitrogen and oxygen atoms in total. The van der Waals surface area contributed by atoms with Crippen molar-refractivity contribution < 1.29 is 4.42 Å². The highest BCUT2D eigenvalue weighted by Crippen LogP contribution is 2.57. The second kappa shape index (κ2) is 14.3. The van der Waals surface area contributed by atoms with Crippen molar-refractivity contribution in [2.45, 2.75) is 71.6 Å². The van der Waals surface area contributed by atoms with Crippen LogP contribution in [0.25, 0.3) is 103 Å². The number of anilines is 2. The molecule has 1 aliphatic carbocycles. The molecule has 9 aromatic carbocycles. The van der Waals surface area contributed by atoms with Crippen molar-refractivity contribution in [1.29, 1.82) is 0 Å². The minimum absolute atomic E-state index is 0.00258. The molecule has 5 heterocycles. The first-order valence-electron chi connectivity index (χ1n) is 25.6. The summed E-state index contributed by atoms with van der Waals surface area (Å²) in [6, 6.07) is 66.9. The Morgan fingerprint density at radius 2 is 1.21 bits per heavy atom. The van der Waals surface area contributed by atoms with Gasteiger partial charge in [-0.1, -0.05) is 177 Å². The second-order valence-electron chi connectivity index (χ2n) is 23.2. The predicted molar refractivity (Wildman–Crippen MR) is 308 cm³/mol. The van der Waals surface area contributed by atoms with Gasteiger partial charge in [0.1, 0.15) is 11.2 Å². The van der Waals surface area contributed by atoms with Crippen LogP contribution in [0.4, 0.5) is 11.4 Å². The molecule has 0 radical (unpaired) electrons. The maximum absolute atomic E-state index is 7.42. The number of furan rings is 1. The Morgan fingerprint density at radius 1 is 0.528 bits per heavy atom. The van der Waals surface area contributed by atoms with Crippen LogP contribution in [0.3, 0.4) is 0 Å². The number of nitrogens with zero attached hydrogens (tertiary/aromatic N) is 2. The third-order valence-electron chi connectivity index (χ3n) is 16.7. The molecule has 0 atom stereocenters. The van der Waals surface area contributed by atoms with Crippen molar-refractivity contribution in [2.75, 3.05) is 4.81 Å². The van der Waals surface area contributed by atoms with Crippen LogP contribution in [0.15, 0.2) is 180 Å². The first kappa shape index (κ1) is 42.1. The predicted octanol–water partition coefficient (Wildman–Crippen LogP) is 17.4. The standard InChI is InChI=1S/C67H53BN2OS/c1-65(2,3)40-27-30-42(31-28-40)70-53-36-50-45(43-23-15-17-25-49(43)67(50,7)8)34-47(53)60-61-62-58(59-44-24-16-18-26-55(44)71-63(59)60)46-33-41(66(4,5)6)29-32-52(46)69(62)54-35-48-56(37-51(54)68(61)70)72-64(39-21-13-10-14-22-39)57(48)38-19-11-9-12-20-38/h9-37H,1-8H3. The molecule has 0 bridgehead atoms. The fourth-order valence-corrected chi connectivity index (χ4v) is 14.4. The number of aromatic nitrogens is 1. The van der Waals surface area contributed by atoms with E-state index in [1.807, 2.05) is 11.3 Å². The average molecular weight is 945 g/mol. The lowest BCUT2D eigenvalue weighted by Crippen LogP contribution is -2.60. The fourth-order valence-electron chi connectivity index (χ4n) is 13.1. The van der Waals surface area contributed by atoms with Gasteiger partial charge in [-0.3, -0.25) is 0 Å². The van der Waals surface area contributed by atoms with Crippen LogP contribution in [0.5, 0.6) is 0 Å². The fraction of sp³-hybridized carbons (Fsp3) is 0.164. The van der Waals surface area contributed by atoms with Crippen molar-refractivity contribution in [2.24, 2.45) is 0 Å². The van der Waals surface area contributed by atoms with Crippen LogP contribution in [0.2, 0.25) is 0 Å². The summed E-state index contributed by atoms with van der Waals surface area (Å²) in [7, 11) is 0. The molecule has 0 saturated heterocycles. The molecule has 72 heavy (non-hydrogen) atoms. The summed E-state index contributed by atoms with van der Waals surface area (Å²) < 4.78 is 11.4. The van der Waals surface area contributed by atoms with Gasteiger partial charge in [-0.05, 0) is 121 Å². The molecule has 346 valence electrons. The van der Waals surface area contributed by atoms with E-state index in [9.17, 15) is 0 Å². The molecular formula is C67H53BN2OS. The molecule has 0 unspecified atom stereocenters. The number of benzene rings is 9. The molecule has 0 spiro atoms. The van der Waals surface area contributed by atoms with Crippen LogP contribution in [0.1, 0.15) is 77.6 Å². The highest BCUT2D eigenvalue weighted by atomic mass is 32.1. The SMILES string of the molecule is CC(C)(C)c1ccc(N2B3c4cc5sc(-c6ccccc6)c(-c6ccccc6)c5cc4-n4c5ccc(C(C)(C)C)cc5c5c6c(oc7ccccc76)c(c3c54)-c3cc4c(cc32)C(C)(C)c2ccccc2-4)cc1. The molecule has 0 fully saturated rings. The Kier molecular flexibility index (Phi) is 8.37. The maximum atomic E-state index is 7.42. The molecule has 15 rings (SSSR count). The van der Waals surface area contributed by atoms with Crippen molar-refractivity contribution >= 4 is 94.3 Å². The van der Waals surface area contributed by atoms with E-state index >= 15 is 0 Å². The summed E-state index contributed by atoms with van der Waals surface area (Å²) in [4.78, 5) is 4.01. The van der Waals surface area contributed by atoms with E-state index in [-0.39, 0.29) is 23.1 Å². The van der Waals surface area contributed by atoms with Gasteiger partial charge in [0, 0.05) is 75.7 Å². The van der Waals surface area contributed by atoms with Crippen molar-refractivity contribution in [3.8, 4) is 49.5 Å². The number of hydrogen-bond acceptors (Lipinski definition) is 3. The molecule has 5 heteroatoms. The summed E-state index contributed by atoms with van der Waals surface area (Å²) >= 11 is 1.92. The summed E-state index contributed by atoms with van der Waals surface area (Å²) in [5.74, 6) is 0. The summed E-state index contributed by atoms with van der Waals surface area (Å²) in [5, 5.41) is 6.15. The topological polar surface area (TPSA) is 21.3 Å². The summed E-state index contributed by atoms with van der Waals surface area (Å²) in [5.41, 5.74) is 24.5. The Morgan fingerprint density at radius 3 is 1.96 bits per heavy atom. The first-order chi connectivity index (χ1) is 34.8. The molecule has 12 aromatic rings. The lowest BCUT2D eigenvalue weighted by Gasteiger charge is -2.42. The number of thiophene rings is 1. The van der Waals surface area contributed by atoms with Gasteiger partial charge < -0.3 is 13.8 Å². The van der Waals surface area contributed by atoms with Crippen LogP contribution >= 0.6 is 11.3 Å². The third-order valence-corrected chi connectivity index (χ3v) is 17.9. The average Bonchev–Trinajstić information content (AvgIpc) is 4.13. The highest BCUT2D eigenvalue weighted by Gasteiger charge is 2.48. The lowest BCUT2D eigenvalue weighted by molar-refractivity contribution is 0.590. The molecule has 3 aromatic heterocycles. The Bertz CT molecular complexity index is 4310. The normalized spacial score (nSPS) is 14.4. The van der Waals surface area contributed by atoms with Gasteiger partial charge in [0.25, 0.3) is 0 Å². The molecule has 0 amide bonds. The highest BCUT2D eigenvalue weighted by molar-refractivity contribution is 7.23. The molecule has 3 aliphatic rings. The third kappa shape index (κ3) is 5.58. The lowest BCUT2D eigenvalue weighted by atomic mass is 9.43. The molecule has 0 saturated carbocycles. The minimum Gasteiger partial charge on any atom is -0.455 e. The van der Waals surface area contributed by atoms with E-state index in [1.54, 1.807) is 0 Å². The van der Waals surface area contributed by atoms with Crippen molar-refractivity contribution in [3.05, 3.63) is 198 Å². The van der Waals surface area contributed by atoms with Gasteiger partial charge in [0.2, 0.25) is 0 Å². The number of rotatable bonds is 3. The first-order valence-corrected chi connectivity index (χ1v) is 26.4. The smallest absolute Gasteiger partial charge is 0.333 e. The van der Waals surface area contributed by atoms with Gasteiger partial charge in [0.05, 0.1) is 11.0 Å². The number of fused-ring (bicyclic) bond motifs is 17. The van der Waals surface area contributed by atoms with Gasteiger partial charge in [-0.25, -0.2) is 0 Å². The zero-order valence-electron chi connectivity index (χ0n) is 42.0. The quantitative estimate of drug-likeness (QED) is 0.165. The van der Waals surface area contributed by atoms with Gasteiger partial charge in [-0.15, -0.1) is 11.3 Å². The Hall–Kier alpha value is -7.60. The van der Waals surface area contributed by atoms with Crippen LogP contribution in [-0.2, 0) is 16.2 Å². The monoisotopic (exact) mass is 944 g/mol. The van der Waals surface area contributed by atoms with Gasteiger partial charge >= 0.3 is 6.85 Å².